The van der Waals surface area contributed by atoms with Crippen LogP contribution in [-0.2, 0) is 27.9 Å². The Hall–Kier alpha value is -3.16. The number of amides is 1. The molecule has 0 radical (unpaired) electrons. The minimum Gasteiger partial charge on any atom is -0.377 e. The van der Waals surface area contributed by atoms with E-state index >= 15 is 0 Å². The van der Waals surface area contributed by atoms with Crippen molar-refractivity contribution in [3.63, 3.8) is 0 Å². The number of nitrogens with one attached hydrogen (secondary N) is 1. The Morgan fingerprint density at radius 3 is 2.28 bits per heavy atom. The van der Waals surface area contributed by atoms with Crippen LogP contribution in [0.5, 0.6) is 0 Å². The molecule has 0 aliphatic carbocycles. The maximum absolute atomic E-state index is 13.2. The largest absolute Gasteiger partial charge is 0.377 e. The summed E-state index contributed by atoms with van der Waals surface area (Å²) in [6, 6.07) is 22.8. The fourth-order valence-corrected chi connectivity index (χ4v) is 4.89. The number of nitrogens with zero attached hydrogens (tertiary/aromatic N) is 1. The number of rotatable bonds is 10. The fraction of sp³-hybridized carbons (Fsp3) is 0.240. The van der Waals surface area contributed by atoms with Gasteiger partial charge in [-0.05, 0) is 55.3 Å². The molecule has 0 aliphatic rings. The topological polar surface area (TPSA) is 75.7 Å². The van der Waals surface area contributed by atoms with Crippen LogP contribution in [-0.4, -0.2) is 27.5 Å². The molecule has 3 aromatic carbocycles. The number of carbonyl (C=O) groups is 1. The number of anilines is 1. The summed E-state index contributed by atoms with van der Waals surface area (Å²) < 4.78 is 33.3. The lowest BCUT2D eigenvalue weighted by Crippen LogP contribution is -2.31. The highest BCUT2D eigenvalue weighted by atomic mass is 32.2. The lowest BCUT2D eigenvalue weighted by Gasteiger charge is -2.23. The number of hydrogen-bond acceptors (Lipinski definition) is 4. The van der Waals surface area contributed by atoms with Crippen LogP contribution in [0.3, 0.4) is 0 Å². The SMILES string of the molecule is CCOCc1ccccc1CNC(=O)c1cccc(S(=O)(=O)N(CC)c2ccccc2)c1. The van der Waals surface area contributed by atoms with Crippen molar-refractivity contribution < 1.29 is 17.9 Å². The molecule has 0 bridgehead atoms. The van der Waals surface area contributed by atoms with Crippen molar-refractivity contribution in [3.05, 3.63) is 95.6 Å². The number of benzene rings is 3. The zero-order valence-electron chi connectivity index (χ0n) is 18.3. The van der Waals surface area contributed by atoms with Gasteiger partial charge in [0.05, 0.1) is 17.2 Å². The Bertz CT molecular complexity index is 1150. The van der Waals surface area contributed by atoms with Gasteiger partial charge in [0.2, 0.25) is 0 Å². The Kier molecular flexibility index (Phi) is 8.03. The molecule has 3 rings (SSSR count). The molecule has 0 aliphatic heterocycles. The van der Waals surface area contributed by atoms with Gasteiger partial charge in [0.1, 0.15) is 0 Å². The molecule has 1 N–H and O–H groups in total. The molecule has 0 saturated heterocycles. The van der Waals surface area contributed by atoms with E-state index in [1.54, 1.807) is 43.3 Å². The first-order chi connectivity index (χ1) is 15.5. The summed E-state index contributed by atoms with van der Waals surface area (Å²) in [6.45, 7) is 5.40. The highest BCUT2D eigenvalue weighted by molar-refractivity contribution is 7.92. The summed E-state index contributed by atoms with van der Waals surface area (Å²) >= 11 is 0. The molecule has 168 valence electrons. The second-order valence-corrected chi connectivity index (χ2v) is 8.98. The second kappa shape index (κ2) is 10.9. The Balaban J connectivity index is 1.78. The van der Waals surface area contributed by atoms with Crippen LogP contribution in [0, 0.1) is 0 Å². The summed E-state index contributed by atoms with van der Waals surface area (Å²) in [6.07, 6.45) is 0. The number of ether oxygens (including phenoxy) is 1. The standard InChI is InChI=1S/C25H28N2O4S/c1-3-27(23-14-6-5-7-15-23)32(29,30)24-16-10-13-20(17-24)25(28)26-18-21-11-8-9-12-22(21)19-31-4-2/h5-17H,3-4,18-19H2,1-2H3,(H,26,28). The third-order valence-corrected chi connectivity index (χ3v) is 6.93. The number of hydrogen-bond donors (Lipinski definition) is 1. The van der Waals surface area contributed by atoms with E-state index in [4.69, 9.17) is 4.74 Å². The molecule has 0 spiro atoms. The van der Waals surface area contributed by atoms with Gasteiger partial charge < -0.3 is 10.1 Å². The first-order valence-electron chi connectivity index (χ1n) is 10.6. The van der Waals surface area contributed by atoms with Crippen LogP contribution in [0.4, 0.5) is 5.69 Å². The molecule has 1 amide bonds. The maximum atomic E-state index is 13.2. The van der Waals surface area contributed by atoms with Gasteiger partial charge in [-0.3, -0.25) is 9.10 Å². The van der Waals surface area contributed by atoms with Gasteiger partial charge in [-0.1, -0.05) is 48.5 Å². The molecule has 3 aromatic rings. The van der Waals surface area contributed by atoms with Crippen LogP contribution in [0.1, 0.15) is 35.3 Å². The van der Waals surface area contributed by atoms with Gasteiger partial charge >= 0.3 is 0 Å². The highest BCUT2D eigenvalue weighted by Gasteiger charge is 2.24. The van der Waals surface area contributed by atoms with Crippen molar-refractivity contribution in [2.24, 2.45) is 0 Å². The molecule has 0 unspecified atom stereocenters. The quantitative estimate of drug-likeness (QED) is 0.496. The van der Waals surface area contributed by atoms with Crippen LogP contribution in [0.15, 0.2) is 83.8 Å². The monoisotopic (exact) mass is 452 g/mol. The van der Waals surface area contributed by atoms with E-state index in [1.165, 1.54) is 16.4 Å². The third kappa shape index (κ3) is 5.55. The normalized spacial score (nSPS) is 11.2. The van der Waals surface area contributed by atoms with Gasteiger partial charge in [-0.2, -0.15) is 0 Å². The summed E-state index contributed by atoms with van der Waals surface area (Å²) in [5.41, 5.74) is 2.83. The van der Waals surface area contributed by atoms with Crippen molar-refractivity contribution in [1.29, 1.82) is 0 Å². The predicted octanol–water partition coefficient (Wildman–Crippen LogP) is 4.37. The summed E-state index contributed by atoms with van der Waals surface area (Å²) in [4.78, 5) is 12.9. The Labute approximate surface area is 189 Å². The van der Waals surface area contributed by atoms with Crippen molar-refractivity contribution in [1.82, 2.24) is 5.32 Å². The fourth-order valence-electron chi connectivity index (χ4n) is 3.37. The first-order valence-corrected chi connectivity index (χ1v) is 12.0. The zero-order chi connectivity index (χ0) is 23.0. The van der Waals surface area contributed by atoms with Crippen molar-refractivity contribution in [2.45, 2.75) is 31.9 Å². The lowest BCUT2D eigenvalue weighted by atomic mass is 10.1. The zero-order valence-corrected chi connectivity index (χ0v) is 19.1. The van der Waals surface area contributed by atoms with Gasteiger partial charge in [0, 0.05) is 25.3 Å². The van der Waals surface area contributed by atoms with E-state index in [9.17, 15) is 13.2 Å². The average molecular weight is 453 g/mol. The molecule has 7 heteroatoms. The van der Waals surface area contributed by atoms with E-state index < -0.39 is 10.0 Å². The Morgan fingerprint density at radius 1 is 0.906 bits per heavy atom. The van der Waals surface area contributed by atoms with Gasteiger partial charge in [0.15, 0.2) is 0 Å². The summed E-state index contributed by atoms with van der Waals surface area (Å²) in [5, 5.41) is 2.88. The van der Waals surface area contributed by atoms with Gasteiger partial charge in [-0.25, -0.2) is 8.42 Å². The van der Waals surface area contributed by atoms with Crippen molar-refractivity contribution in [2.75, 3.05) is 17.5 Å². The molecule has 0 fully saturated rings. The predicted molar refractivity (Wildman–Crippen MR) is 126 cm³/mol. The van der Waals surface area contributed by atoms with E-state index in [1.807, 2.05) is 37.3 Å². The van der Waals surface area contributed by atoms with Crippen LogP contribution < -0.4 is 9.62 Å². The first kappa shape index (κ1) is 23.5. The molecule has 32 heavy (non-hydrogen) atoms. The van der Waals surface area contributed by atoms with Crippen LogP contribution in [0.2, 0.25) is 0 Å². The minimum atomic E-state index is -3.81. The smallest absolute Gasteiger partial charge is 0.264 e. The van der Waals surface area contributed by atoms with E-state index in [-0.39, 0.29) is 22.9 Å². The minimum absolute atomic E-state index is 0.0765. The molecule has 0 heterocycles. The molecule has 0 atom stereocenters. The van der Waals surface area contributed by atoms with Crippen molar-refractivity contribution >= 4 is 21.6 Å². The van der Waals surface area contributed by atoms with Crippen LogP contribution in [0.25, 0.3) is 0 Å². The summed E-state index contributed by atoms with van der Waals surface area (Å²) in [7, 11) is -3.81. The maximum Gasteiger partial charge on any atom is 0.264 e. The Morgan fingerprint density at radius 2 is 1.59 bits per heavy atom. The molecule has 6 nitrogen and oxygen atoms in total. The number of sulfonamides is 1. The van der Waals surface area contributed by atoms with Crippen molar-refractivity contribution in [3.8, 4) is 0 Å². The lowest BCUT2D eigenvalue weighted by molar-refractivity contribution is 0.0949. The van der Waals surface area contributed by atoms with Crippen LogP contribution >= 0.6 is 0 Å². The van der Waals surface area contributed by atoms with E-state index in [2.05, 4.69) is 5.32 Å². The number of carbonyl (C=O) groups excluding carboxylic acids is 1. The molecule has 0 saturated carbocycles. The highest BCUT2D eigenvalue weighted by Crippen LogP contribution is 2.24. The molecule has 0 aromatic heterocycles. The van der Waals surface area contributed by atoms with E-state index in [0.29, 0.717) is 25.4 Å². The van der Waals surface area contributed by atoms with Gasteiger partial charge in [-0.15, -0.1) is 0 Å². The summed E-state index contributed by atoms with van der Waals surface area (Å²) in [5.74, 6) is -0.337. The molecular formula is C25H28N2O4S. The molecular weight excluding hydrogens is 424 g/mol. The second-order valence-electron chi connectivity index (χ2n) is 7.12. The average Bonchev–Trinajstić information content (AvgIpc) is 2.82. The van der Waals surface area contributed by atoms with Gasteiger partial charge in [0.25, 0.3) is 15.9 Å². The third-order valence-electron chi connectivity index (χ3n) is 5.04. The van der Waals surface area contributed by atoms with E-state index in [0.717, 1.165) is 11.1 Å². The number of para-hydroxylation sites is 1.